The van der Waals surface area contributed by atoms with Crippen LogP contribution in [0, 0.1) is 0 Å². The number of carbonyl (C=O) groups excluding carboxylic acids is 1. The van der Waals surface area contributed by atoms with E-state index in [1.165, 1.54) is 29.4 Å². The number of fused-ring (bicyclic) bond motifs is 7. The zero-order chi connectivity index (χ0) is 17.5. The van der Waals surface area contributed by atoms with Gasteiger partial charge in [-0.2, -0.15) is 0 Å². The molecule has 0 aromatic heterocycles. The van der Waals surface area contributed by atoms with Gasteiger partial charge in [-0.15, -0.1) is 0 Å². The summed E-state index contributed by atoms with van der Waals surface area (Å²) in [6, 6.07) is 27.7. The van der Waals surface area contributed by atoms with Crippen LogP contribution in [0.15, 0.2) is 78.9 Å². The Kier molecular flexibility index (Phi) is 2.45. The van der Waals surface area contributed by atoms with Crippen molar-refractivity contribution in [3.05, 3.63) is 107 Å². The first kappa shape index (κ1) is 14.3. The van der Waals surface area contributed by atoms with Gasteiger partial charge in [0.25, 0.3) is 0 Å². The molecule has 0 aliphatic heterocycles. The average Bonchev–Trinajstić information content (AvgIpc) is 3.14. The molecule has 3 aliphatic carbocycles. The van der Waals surface area contributed by atoms with Crippen LogP contribution in [0.5, 0.6) is 0 Å². The van der Waals surface area contributed by atoms with Crippen LogP contribution in [0.2, 0.25) is 0 Å². The van der Waals surface area contributed by atoms with E-state index in [4.69, 9.17) is 4.74 Å². The van der Waals surface area contributed by atoms with Gasteiger partial charge in [-0.05, 0) is 27.8 Å². The lowest BCUT2D eigenvalue weighted by molar-refractivity contribution is -0.144. The molecule has 1 fully saturated rings. The molecule has 2 heteroatoms. The number of hydrogen-bond donors (Lipinski definition) is 0. The summed E-state index contributed by atoms with van der Waals surface area (Å²) in [5.74, 6) is 0.262. The van der Waals surface area contributed by atoms with E-state index in [0.29, 0.717) is 0 Å². The second kappa shape index (κ2) is 4.45. The second-order valence-corrected chi connectivity index (χ2v) is 7.62. The van der Waals surface area contributed by atoms with Crippen LogP contribution < -0.4 is 0 Å². The van der Waals surface area contributed by atoms with E-state index in [9.17, 15) is 4.79 Å². The summed E-state index contributed by atoms with van der Waals surface area (Å²) in [7, 11) is 1.52. The molecule has 0 heterocycles. The molecule has 3 aromatic carbocycles. The zero-order valence-corrected chi connectivity index (χ0v) is 14.5. The Labute approximate surface area is 152 Å². The van der Waals surface area contributed by atoms with E-state index in [-0.39, 0.29) is 23.2 Å². The summed E-state index contributed by atoms with van der Waals surface area (Å²) in [4.78, 5) is 13.3. The van der Waals surface area contributed by atoms with Crippen LogP contribution in [0.4, 0.5) is 0 Å². The molecule has 0 saturated heterocycles. The largest absolute Gasteiger partial charge is 0.468 e. The molecule has 3 aliphatic rings. The van der Waals surface area contributed by atoms with Crippen molar-refractivity contribution in [1.82, 2.24) is 0 Å². The van der Waals surface area contributed by atoms with Gasteiger partial charge >= 0.3 is 5.97 Å². The van der Waals surface area contributed by atoms with E-state index in [1.807, 2.05) is 12.1 Å². The SMILES string of the molecule is COC(=O)C12c3ccccc3C3c4ccccc4C1C32c1ccccc1. The van der Waals surface area contributed by atoms with Crippen molar-refractivity contribution < 1.29 is 9.53 Å². The van der Waals surface area contributed by atoms with Crippen LogP contribution in [0.1, 0.15) is 39.7 Å². The lowest BCUT2D eigenvalue weighted by Gasteiger charge is -2.24. The minimum absolute atomic E-state index is 0.101. The molecule has 4 atom stereocenters. The van der Waals surface area contributed by atoms with Crippen molar-refractivity contribution in [2.75, 3.05) is 7.11 Å². The second-order valence-electron chi connectivity index (χ2n) is 7.62. The highest BCUT2D eigenvalue weighted by atomic mass is 16.5. The number of methoxy groups -OCH3 is 1. The van der Waals surface area contributed by atoms with E-state index in [0.717, 1.165) is 5.56 Å². The van der Waals surface area contributed by atoms with Crippen molar-refractivity contribution in [1.29, 1.82) is 0 Å². The highest BCUT2D eigenvalue weighted by Gasteiger charge is 2.91. The lowest BCUT2D eigenvalue weighted by atomic mass is 9.78. The van der Waals surface area contributed by atoms with Crippen molar-refractivity contribution >= 4 is 5.97 Å². The highest BCUT2D eigenvalue weighted by molar-refractivity contribution is 6.00. The minimum Gasteiger partial charge on any atom is -0.468 e. The monoisotopic (exact) mass is 338 g/mol. The van der Waals surface area contributed by atoms with Crippen molar-refractivity contribution in [2.24, 2.45) is 0 Å². The first-order valence-corrected chi connectivity index (χ1v) is 9.11. The molecular weight excluding hydrogens is 320 g/mol. The maximum absolute atomic E-state index is 13.3. The van der Waals surface area contributed by atoms with Gasteiger partial charge in [0.1, 0.15) is 5.41 Å². The Morgan fingerprint density at radius 2 is 1.42 bits per heavy atom. The Morgan fingerprint density at radius 1 is 0.808 bits per heavy atom. The van der Waals surface area contributed by atoms with Crippen molar-refractivity contribution in [2.45, 2.75) is 22.7 Å². The zero-order valence-electron chi connectivity index (χ0n) is 14.5. The first-order valence-electron chi connectivity index (χ1n) is 9.11. The molecule has 4 unspecified atom stereocenters. The first-order chi connectivity index (χ1) is 12.8. The fraction of sp³-hybridized carbons (Fsp3) is 0.208. The standard InChI is InChI=1S/C24H18O2/c1-26-22(25)24-19-14-8-7-13-18(19)20-16-11-5-6-12-17(16)21(24)23(20,24)15-9-3-2-4-10-15/h2-14,20-21H,1H3. The van der Waals surface area contributed by atoms with Crippen LogP contribution in [-0.2, 0) is 20.4 Å². The third kappa shape index (κ3) is 1.21. The number of hydrogen-bond acceptors (Lipinski definition) is 2. The Morgan fingerprint density at radius 3 is 2.15 bits per heavy atom. The molecule has 0 bridgehead atoms. The van der Waals surface area contributed by atoms with E-state index < -0.39 is 5.41 Å². The Bertz CT molecular complexity index is 1070. The topological polar surface area (TPSA) is 26.3 Å². The molecule has 0 radical (unpaired) electrons. The van der Waals surface area contributed by atoms with Gasteiger partial charge in [-0.25, -0.2) is 0 Å². The van der Waals surface area contributed by atoms with E-state index >= 15 is 0 Å². The average molecular weight is 338 g/mol. The lowest BCUT2D eigenvalue weighted by Crippen LogP contribution is -2.31. The quantitative estimate of drug-likeness (QED) is 0.652. The normalized spacial score (nSPS) is 31.7. The van der Waals surface area contributed by atoms with Crippen LogP contribution >= 0.6 is 0 Å². The number of esters is 1. The molecule has 0 N–H and O–H groups in total. The summed E-state index contributed by atoms with van der Waals surface area (Å²) < 4.78 is 5.41. The van der Waals surface area contributed by atoms with E-state index in [2.05, 4.69) is 66.7 Å². The third-order valence-electron chi connectivity index (χ3n) is 6.99. The van der Waals surface area contributed by atoms with Crippen molar-refractivity contribution in [3.63, 3.8) is 0 Å². The molecular formula is C24H18O2. The van der Waals surface area contributed by atoms with Gasteiger partial charge in [0, 0.05) is 17.3 Å². The Hall–Kier alpha value is -2.87. The predicted molar refractivity (Wildman–Crippen MR) is 99.3 cm³/mol. The maximum atomic E-state index is 13.3. The summed E-state index contributed by atoms with van der Waals surface area (Å²) in [6.07, 6.45) is 0. The molecule has 1 saturated carbocycles. The number of rotatable bonds is 2. The molecule has 6 rings (SSSR count). The number of carbonyl (C=O) groups is 1. The number of ether oxygens (including phenoxy) is 1. The van der Waals surface area contributed by atoms with Gasteiger partial charge < -0.3 is 4.74 Å². The van der Waals surface area contributed by atoms with Gasteiger partial charge in [0.15, 0.2) is 0 Å². The molecule has 0 amide bonds. The van der Waals surface area contributed by atoms with Crippen molar-refractivity contribution in [3.8, 4) is 0 Å². The van der Waals surface area contributed by atoms with Crippen LogP contribution in [-0.4, -0.2) is 13.1 Å². The predicted octanol–water partition coefficient (Wildman–Crippen LogP) is 4.29. The van der Waals surface area contributed by atoms with Gasteiger partial charge in [-0.1, -0.05) is 78.9 Å². The summed E-state index contributed by atoms with van der Waals surface area (Å²) in [5.41, 5.74) is 5.50. The molecule has 3 aromatic rings. The van der Waals surface area contributed by atoms with Gasteiger partial charge in [0.2, 0.25) is 0 Å². The van der Waals surface area contributed by atoms with Crippen LogP contribution in [0.25, 0.3) is 0 Å². The summed E-state index contributed by atoms with van der Waals surface area (Å²) in [6.45, 7) is 0. The highest BCUT2D eigenvalue weighted by Crippen LogP contribution is 2.89. The Balaban J connectivity index is 1.77. The van der Waals surface area contributed by atoms with E-state index in [1.54, 1.807) is 0 Å². The van der Waals surface area contributed by atoms with Crippen LogP contribution in [0.3, 0.4) is 0 Å². The maximum Gasteiger partial charge on any atom is 0.317 e. The summed E-state index contributed by atoms with van der Waals surface area (Å²) >= 11 is 0. The van der Waals surface area contributed by atoms with Gasteiger partial charge in [0.05, 0.1) is 7.11 Å². The molecule has 126 valence electrons. The minimum atomic E-state index is -0.598. The summed E-state index contributed by atoms with van der Waals surface area (Å²) in [5, 5.41) is 0. The third-order valence-corrected chi connectivity index (χ3v) is 6.99. The molecule has 2 nitrogen and oxygen atoms in total. The fourth-order valence-corrected chi connectivity index (χ4v) is 6.38. The fourth-order valence-electron chi connectivity index (χ4n) is 6.38. The number of benzene rings is 3. The smallest absolute Gasteiger partial charge is 0.317 e. The molecule has 26 heavy (non-hydrogen) atoms. The van der Waals surface area contributed by atoms with Gasteiger partial charge in [-0.3, -0.25) is 4.79 Å². The molecule has 0 spiro atoms.